The Kier molecular flexibility index (Phi) is 3.48. The van der Waals surface area contributed by atoms with Crippen LogP contribution in [0.4, 0.5) is 0 Å². The highest BCUT2D eigenvalue weighted by Crippen LogP contribution is 2.39. The number of halogens is 1. The first-order valence-electron chi connectivity index (χ1n) is 6.80. The second kappa shape index (κ2) is 5.12. The fourth-order valence-electron chi connectivity index (χ4n) is 3.06. The molecule has 0 aliphatic heterocycles. The molecule has 0 aliphatic rings. The zero-order valence-electron chi connectivity index (χ0n) is 11.3. The minimum absolute atomic E-state index is 0.512. The smallest absolute Gasteiger partial charge is 0.0343 e. The van der Waals surface area contributed by atoms with E-state index in [9.17, 15) is 0 Å². The molecule has 0 saturated heterocycles. The van der Waals surface area contributed by atoms with Crippen LogP contribution >= 0.6 is 22.6 Å². The molecule has 96 valence electrons. The van der Waals surface area contributed by atoms with Crippen molar-refractivity contribution < 1.29 is 0 Å². The lowest BCUT2D eigenvalue weighted by Crippen LogP contribution is -1.95. The van der Waals surface area contributed by atoms with Crippen LogP contribution < -0.4 is 0 Å². The molecule has 0 nitrogen and oxygen atoms in total. The summed E-state index contributed by atoms with van der Waals surface area (Å²) in [5.74, 6) is 0. The molecule has 0 spiro atoms. The summed E-state index contributed by atoms with van der Waals surface area (Å²) >= 11 is 2.53. The van der Waals surface area contributed by atoms with E-state index in [1.807, 2.05) is 0 Å². The van der Waals surface area contributed by atoms with Gasteiger partial charge in [-0.3, -0.25) is 0 Å². The van der Waals surface area contributed by atoms with E-state index in [1.54, 1.807) is 0 Å². The Morgan fingerprint density at radius 1 is 0.842 bits per heavy atom. The number of alkyl halides is 1. The zero-order valence-corrected chi connectivity index (χ0v) is 13.4. The summed E-state index contributed by atoms with van der Waals surface area (Å²) in [5.41, 5.74) is 2.95. The number of hydrogen-bond acceptors (Lipinski definition) is 0. The Morgan fingerprint density at radius 3 is 1.63 bits per heavy atom. The van der Waals surface area contributed by atoms with E-state index in [-0.39, 0.29) is 0 Å². The maximum Gasteiger partial charge on any atom is 0.0343 e. The zero-order chi connectivity index (χ0) is 13.4. The van der Waals surface area contributed by atoms with Crippen LogP contribution in [0.2, 0.25) is 0 Å². The molecule has 0 radical (unpaired) electrons. The predicted octanol–water partition coefficient (Wildman–Crippen LogP) is 6.05. The monoisotopic (exact) mass is 360 g/mol. The third-order valence-electron chi connectivity index (χ3n) is 3.84. The quantitative estimate of drug-likeness (QED) is 0.296. The first-order valence-corrected chi connectivity index (χ1v) is 8.05. The van der Waals surface area contributed by atoms with Gasteiger partial charge in [0.15, 0.2) is 0 Å². The van der Waals surface area contributed by atoms with E-state index < -0.39 is 0 Å². The van der Waals surface area contributed by atoms with Gasteiger partial charge in [-0.05, 0) is 46.0 Å². The summed E-state index contributed by atoms with van der Waals surface area (Å²) < 4.78 is 0.512. The summed E-state index contributed by atoms with van der Waals surface area (Å²) in [6.45, 7) is 4.53. The first kappa shape index (κ1) is 12.9. The normalized spacial score (nSPS) is 13.0. The second-order valence-corrected chi connectivity index (χ2v) is 6.82. The Hall–Kier alpha value is -1.09. The number of hydrogen-bond donors (Lipinski definition) is 0. The molecule has 1 unspecified atom stereocenters. The van der Waals surface area contributed by atoms with Gasteiger partial charge in [0.1, 0.15) is 0 Å². The van der Waals surface area contributed by atoms with E-state index in [2.05, 4.69) is 85.0 Å². The van der Waals surface area contributed by atoms with Gasteiger partial charge in [-0.15, -0.1) is 0 Å². The molecule has 0 fully saturated rings. The number of fused-ring (bicyclic) bond motifs is 2. The van der Waals surface area contributed by atoms with E-state index in [0.717, 1.165) is 6.42 Å². The van der Waals surface area contributed by atoms with Crippen LogP contribution in [0.15, 0.2) is 48.5 Å². The fourth-order valence-corrected chi connectivity index (χ4v) is 3.73. The number of aryl methyl sites for hydroxylation is 1. The van der Waals surface area contributed by atoms with E-state index in [1.165, 1.54) is 32.7 Å². The van der Waals surface area contributed by atoms with Gasteiger partial charge in [-0.1, -0.05) is 78.0 Å². The van der Waals surface area contributed by atoms with Gasteiger partial charge in [0, 0.05) is 3.92 Å². The number of benzene rings is 3. The minimum atomic E-state index is 0.512. The van der Waals surface area contributed by atoms with Crippen LogP contribution in [0.25, 0.3) is 21.5 Å². The highest BCUT2D eigenvalue weighted by molar-refractivity contribution is 14.1. The van der Waals surface area contributed by atoms with Crippen LogP contribution in [0.5, 0.6) is 0 Å². The molecule has 0 aliphatic carbocycles. The Balaban J connectivity index is 2.61. The maximum absolute atomic E-state index is 2.53. The SMILES string of the molecule is CCc1c2ccccc2c(C(C)I)c2ccccc12. The van der Waals surface area contributed by atoms with Crippen molar-refractivity contribution in [1.29, 1.82) is 0 Å². The summed E-state index contributed by atoms with van der Waals surface area (Å²) in [6, 6.07) is 17.7. The lowest BCUT2D eigenvalue weighted by molar-refractivity contribution is 1.16. The lowest BCUT2D eigenvalue weighted by Gasteiger charge is -2.17. The molecule has 0 saturated carbocycles. The number of rotatable bonds is 2. The topological polar surface area (TPSA) is 0 Å². The van der Waals surface area contributed by atoms with Crippen molar-refractivity contribution in [3.63, 3.8) is 0 Å². The van der Waals surface area contributed by atoms with Crippen molar-refractivity contribution in [3.8, 4) is 0 Å². The van der Waals surface area contributed by atoms with E-state index in [4.69, 9.17) is 0 Å². The van der Waals surface area contributed by atoms with Crippen molar-refractivity contribution in [2.24, 2.45) is 0 Å². The molecule has 3 aromatic carbocycles. The first-order chi connectivity index (χ1) is 9.24. The average molecular weight is 360 g/mol. The molecule has 1 atom stereocenters. The molecule has 0 amide bonds. The highest BCUT2D eigenvalue weighted by Gasteiger charge is 2.14. The van der Waals surface area contributed by atoms with Crippen LogP contribution in [-0.2, 0) is 6.42 Å². The second-order valence-electron chi connectivity index (χ2n) is 4.95. The molecule has 19 heavy (non-hydrogen) atoms. The summed E-state index contributed by atoms with van der Waals surface area (Å²) in [6.07, 6.45) is 1.08. The average Bonchev–Trinajstić information content (AvgIpc) is 2.44. The van der Waals surface area contributed by atoms with E-state index in [0.29, 0.717) is 3.92 Å². The van der Waals surface area contributed by atoms with Gasteiger partial charge in [0.2, 0.25) is 0 Å². The standard InChI is InChI=1S/C18H17I/c1-3-13-14-8-4-6-10-16(14)18(12(2)19)17-11-7-5-9-15(13)17/h4-12H,3H2,1-2H3. The third-order valence-corrected chi connectivity index (χ3v) is 4.46. The molecule has 0 heterocycles. The molecule has 0 aromatic heterocycles. The van der Waals surface area contributed by atoms with Gasteiger partial charge in [0.25, 0.3) is 0 Å². The van der Waals surface area contributed by atoms with Crippen LogP contribution in [0.1, 0.15) is 28.9 Å². The lowest BCUT2D eigenvalue weighted by atomic mass is 9.90. The van der Waals surface area contributed by atoms with Gasteiger partial charge in [-0.2, -0.15) is 0 Å². The Labute approximate surface area is 128 Å². The van der Waals surface area contributed by atoms with Crippen molar-refractivity contribution >= 4 is 44.1 Å². The predicted molar refractivity (Wildman–Crippen MR) is 93.3 cm³/mol. The summed E-state index contributed by atoms with van der Waals surface area (Å²) in [7, 11) is 0. The van der Waals surface area contributed by atoms with Crippen LogP contribution in [0, 0.1) is 0 Å². The summed E-state index contributed by atoms with van der Waals surface area (Å²) in [5, 5.41) is 5.67. The maximum atomic E-state index is 2.53. The Morgan fingerprint density at radius 2 is 1.26 bits per heavy atom. The molecular weight excluding hydrogens is 343 g/mol. The van der Waals surface area contributed by atoms with E-state index >= 15 is 0 Å². The molecule has 3 aromatic rings. The summed E-state index contributed by atoms with van der Waals surface area (Å²) in [4.78, 5) is 0. The van der Waals surface area contributed by atoms with Crippen molar-refractivity contribution in [1.82, 2.24) is 0 Å². The third kappa shape index (κ3) is 2.04. The minimum Gasteiger partial charge on any atom is -0.0777 e. The van der Waals surface area contributed by atoms with Gasteiger partial charge in [-0.25, -0.2) is 0 Å². The largest absolute Gasteiger partial charge is 0.0777 e. The van der Waals surface area contributed by atoms with Gasteiger partial charge in [0.05, 0.1) is 0 Å². The molecular formula is C18H17I. The molecule has 0 bridgehead atoms. The molecule has 3 rings (SSSR count). The van der Waals surface area contributed by atoms with Crippen LogP contribution in [0.3, 0.4) is 0 Å². The van der Waals surface area contributed by atoms with Crippen LogP contribution in [-0.4, -0.2) is 0 Å². The van der Waals surface area contributed by atoms with Crippen molar-refractivity contribution in [3.05, 3.63) is 59.7 Å². The highest BCUT2D eigenvalue weighted by atomic mass is 127. The van der Waals surface area contributed by atoms with Gasteiger partial charge < -0.3 is 0 Å². The molecule has 0 N–H and O–H groups in total. The van der Waals surface area contributed by atoms with Gasteiger partial charge >= 0.3 is 0 Å². The van der Waals surface area contributed by atoms with Crippen molar-refractivity contribution in [2.75, 3.05) is 0 Å². The Bertz CT molecular complexity index is 684. The molecule has 1 heteroatoms. The fraction of sp³-hybridized carbons (Fsp3) is 0.222. The van der Waals surface area contributed by atoms with Crippen molar-refractivity contribution in [2.45, 2.75) is 24.2 Å².